The molecule has 0 unspecified atom stereocenters. The predicted octanol–water partition coefficient (Wildman–Crippen LogP) is -0.920. The maximum atomic E-state index is 11.2. The SMILES string of the molecule is O=c1cc([S-])nc(-c2ccccc2)s1.[Na+]. The Kier molecular flexibility index (Phi) is 4.89. The molecule has 0 saturated heterocycles. The summed E-state index contributed by atoms with van der Waals surface area (Å²) in [4.78, 5) is 15.3. The summed E-state index contributed by atoms with van der Waals surface area (Å²) in [6, 6.07) is 10.9. The van der Waals surface area contributed by atoms with E-state index < -0.39 is 0 Å². The molecule has 0 saturated carbocycles. The average molecular weight is 243 g/mol. The maximum Gasteiger partial charge on any atom is 1.00 e. The predicted molar refractivity (Wildman–Crippen MR) is 59.5 cm³/mol. The molecule has 0 fully saturated rings. The van der Waals surface area contributed by atoms with Crippen molar-refractivity contribution in [1.29, 1.82) is 0 Å². The minimum absolute atomic E-state index is 0. The molecule has 2 aromatic rings. The Balaban J connectivity index is 0.00000112. The van der Waals surface area contributed by atoms with Crippen LogP contribution in [0.4, 0.5) is 0 Å². The summed E-state index contributed by atoms with van der Waals surface area (Å²) in [5, 5.41) is 1.04. The summed E-state index contributed by atoms with van der Waals surface area (Å²) >= 11 is 5.99. The van der Waals surface area contributed by atoms with E-state index in [1.54, 1.807) is 0 Å². The first-order valence-corrected chi connectivity index (χ1v) is 5.23. The molecule has 0 amide bonds. The quantitative estimate of drug-likeness (QED) is 0.479. The van der Waals surface area contributed by atoms with Crippen molar-refractivity contribution in [3.05, 3.63) is 45.9 Å². The average Bonchev–Trinajstić information content (AvgIpc) is 2.18. The topological polar surface area (TPSA) is 30.0 Å². The van der Waals surface area contributed by atoms with Crippen LogP contribution in [0.3, 0.4) is 0 Å². The Labute approximate surface area is 119 Å². The standard InChI is InChI=1S/C10H7NOS2.Na/c12-9-6-8(13)11-10(14-9)7-4-2-1-3-5-7;/h1-6,13H;/q;+1/p-1. The van der Waals surface area contributed by atoms with Crippen LogP contribution in [0.15, 0.2) is 46.2 Å². The molecule has 1 aromatic carbocycles. The second-order valence-corrected chi connectivity index (χ2v) is 4.10. The van der Waals surface area contributed by atoms with Crippen molar-refractivity contribution in [3.63, 3.8) is 0 Å². The second-order valence-electron chi connectivity index (χ2n) is 2.69. The number of hydrogen-bond donors (Lipinski definition) is 0. The van der Waals surface area contributed by atoms with Gasteiger partial charge < -0.3 is 12.6 Å². The first-order chi connectivity index (χ1) is 6.75. The van der Waals surface area contributed by atoms with E-state index in [0.717, 1.165) is 16.9 Å². The largest absolute Gasteiger partial charge is 1.00 e. The molecule has 1 aromatic heterocycles. The summed E-state index contributed by atoms with van der Waals surface area (Å²) in [6.07, 6.45) is 0. The number of nitrogens with zero attached hydrogens (tertiary/aromatic N) is 1. The molecule has 2 rings (SSSR count). The first-order valence-electron chi connectivity index (χ1n) is 4.00. The van der Waals surface area contributed by atoms with Gasteiger partial charge in [0.2, 0.25) is 4.74 Å². The van der Waals surface area contributed by atoms with Crippen LogP contribution in [-0.4, -0.2) is 4.98 Å². The summed E-state index contributed by atoms with van der Waals surface area (Å²) in [6.45, 7) is 0. The second kappa shape index (κ2) is 5.72. The molecule has 0 N–H and O–H groups in total. The summed E-state index contributed by atoms with van der Waals surface area (Å²) in [5.41, 5.74) is 0.932. The van der Waals surface area contributed by atoms with Crippen molar-refractivity contribution in [2.75, 3.05) is 0 Å². The van der Waals surface area contributed by atoms with Crippen LogP contribution >= 0.6 is 11.3 Å². The van der Waals surface area contributed by atoms with Gasteiger partial charge in [-0.25, -0.2) is 0 Å². The van der Waals surface area contributed by atoms with Crippen LogP contribution in [0, 0.1) is 0 Å². The minimum Gasteiger partial charge on any atom is -0.760 e. The van der Waals surface area contributed by atoms with E-state index in [0.29, 0.717) is 10.0 Å². The van der Waals surface area contributed by atoms with Gasteiger partial charge in [-0.05, 0) is 6.07 Å². The van der Waals surface area contributed by atoms with Crippen LogP contribution in [0.2, 0.25) is 0 Å². The van der Waals surface area contributed by atoms with Crippen molar-refractivity contribution in [2.45, 2.75) is 5.03 Å². The Morgan fingerprint density at radius 3 is 2.47 bits per heavy atom. The van der Waals surface area contributed by atoms with Gasteiger partial charge in [-0.2, -0.15) is 0 Å². The van der Waals surface area contributed by atoms with Gasteiger partial charge in [-0.15, -0.1) is 0 Å². The molecule has 0 atom stereocenters. The molecule has 70 valence electrons. The smallest absolute Gasteiger partial charge is 0.760 e. The number of benzene rings is 1. The van der Waals surface area contributed by atoms with Crippen molar-refractivity contribution >= 4 is 24.0 Å². The van der Waals surface area contributed by atoms with Crippen molar-refractivity contribution in [2.24, 2.45) is 0 Å². The zero-order valence-electron chi connectivity index (χ0n) is 8.14. The van der Waals surface area contributed by atoms with Gasteiger partial charge in [0.05, 0.1) is 0 Å². The normalized spacial score (nSPS) is 9.33. The van der Waals surface area contributed by atoms with E-state index in [2.05, 4.69) is 4.98 Å². The molecule has 0 radical (unpaired) electrons. The van der Waals surface area contributed by atoms with Gasteiger partial charge in [0.25, 0.3) is 0 Å². The molecule has 2 nitrogen and oxygen atoms in total. The summed E-state index contributed by atoms with van der Waals surface area (Å²) in [7, 11) is 0. The molecule has 1 heterocycles. The molecule has 0 aliphatic carbocycles. The molecule has 0 spiro atoms. The molecule has 15 heavy (non-hydrogen) atoms. The van der Waals surface area contributed by atoms with Crippen LogP contribution in [0.1, 0.15) is 0 Å². The molecule has 5 heteroatoms. The third-order valence-electron chi connectivity index (χ3n) is 1.67. The Bertz CT molecular complexity index is 498. The van der Waals surface area contributed by atoms with E-state index in [1.807, 2.05) is 30.3 Å². The van der Waals surface area contributed by atoms with Gasteiger partial charge in [0.1, 0.15) is 5.01 Å². The van der Waals surface area contributed by atoms with E-state index >= 15 is 0 Å². The summed E-state index contributed by atoms with van der Waals surface area (Å²) < 4.78 is -0.0520. The van der Waals surface area contributed by atoms with Crippen LogP contribution < -0.4 is 34.3 Å². The molecule has 0 aliphatic rings. The number of rotatable bonds is 1. The van der Waals surface area contributed by atoms with Crippen molar-refractivity contribution in [1.82, 2.24) is 4.98 Å². The molecular weight excluding hydrogens is 237 g/mol. The van der Waals surface area contributed by atoms with E-state index in [4.69, 9.17) is 12.6 Å². The third-order valence-corrected chi connectivity index (χ3v) is 2.72. The van der Waals surface area contributed by atoms with Crippen LogP contribution in [-0.2, 0) is 12.6 Å². The minimum atomic E-state index is -0.0520. The Hall–Kier alpha value is -0.260. The van der Waals surface area contributed by atoms with Gasteiger partial charge >= 0.3 is 29.6 Å². The molecule has 0 aliphatic heterocycles. The monoisotopic (exact) mass is 243 g/mol. The van der Waals surface area contributed by atoms with E-state index in [9.17, 15) is 4.79 Å². The number of hydrogen-bond acceptors (Lipinski definition) is 4. The fourth-order valence-electron chi connectivity index (χ4n) is 1.08. The third kappa shape index (κ3) is 3.36. The fraction of sp³-hybridized carbons (Fsp3) is 0. The molecular formula is C10H6NNaOS2. The van der Waals surface area contributed by atoms with Gasteiger partial charge in [0.15, 0.2) is 0 Å². The first kappa shape index (κ1) is 12.8. The summed E-state index contributed by atoms with van der Waals surface area (Å²) in [5.74, 6) is 0. The van der Waals surface area contributed by atoms with E-state index in [1.165, 1.54) is 6.07 Å². The maximum absolute atomic E-state index is 11.2. The van der Waals surface area contributed by atoms with Crippen LogP contribution in [0.5, 0.6) is 0 Å². The van der Waals surface area contributed by atoms with Gasteiger partial charge in [-0.3, -0.25) is 9.78 Å². The van der Waals surface area contributed by atoms with Gasteiger partial charge in [-0.1, -0.05) is 46.7 Å². The van der Waals surface area contributed by atoms with Gasteiger partial charge in [0, 0.05) is 5.56 Å². The zero-order valence-corrected chi connectivity index (χ0v) is 11.8. The zero-order chi connectivity index (χ0) is 9.97. The van der Waals surface area contributed by atoms with E-state index in [-0.39, 0.29) is 34.3 Å². The Morgan fingerprint density at radius 2 is 1.87 bits per heavy atom. The Morgan fingerprint density at radius 1 is 1.20 bits per heavy atom. The van der Waals surface area contributed by atoms with Crippen LogP contribution in [0.25, 0.3) is 10.6 Å². The number of aromatic nitrogens is 1. The van der Waals surface area contributed by atoms with Crippen molar-refractivity contribution < 1.29 is 29.6 Å². The fourth-order valence-corrected chi connectivity index (χ4v) is 2.17. The molecule has 0 bridgehead atoms. The van der Waals surface area contributed by atoms with Crippen molar-refractivity contribution in [3.8, 4) is 10.6 Å².